The summed E-state index contributed by atoms with van der Waals surface area (Å²) in [6.07, 6.45) is 0.800. The number of ether oxygens (including phenoxy) is 1. The van der Waals surface area contributed by atoms with E-state index in [2.05, 4.69) is 15.4 Å². The van der Waals surface area contributed by atoms with Crippen LogP contribution in [0.25, 0.3) is 10.8 Å². The zero-order valence-electron chi connectivity index (χ0n) is 25.3. The molecule has 2 unspecified atom stereocenters. The molecular weight excluding hydrogens is 568 g/mol. The molecular formula is C32H40N4O6S. The minimum absolute atomic E-state index is 0.106. The Balaban J connectivity index is 1.45. The predicted octanol–water partition coefficient (Wildman–Crippen LogP) is 4.83. The first-order valence-corrected chi connectivity index (χ1v) is 15.9. The molecule has 0 radical (unpaired) electrons. The fraction of sp³-hybridized carbons (Fsp3) is 0.406. The van der Waals surface area contributed by atoms with Gasteiger partial charge in [-0.2, -0.15) is 0 Å². The van der Waals surface area contributed by atoms with Crippen molar-refractivity contribution in [1.82, 2.24) is 14.9 Å². The van der Waals surface area contributed by atoms with E-state index in [4.69, 9.17) is 4.74 Å². The Kier molecular flexibility index (Phi) is 9.76. The minimum atomic E-state index is -3.96. The summed E-state index contributed by atoms with van der Waals surface area (Å²) in [5, 5.41) is 6.51. The molecule has 3 amide bonds. The van der Waals surface area contributed by atoms with Gasteiger partial charge in [0, 0.05) is 41.2 Å². The molecule has 0 spiro atoms. The van der Waals surface area contributed by atoms with E-state index < -0.39 is 27.8 Å². The Bertz CT molecular complexity index is 1620. The van der Waals surface area contributed by atoms with Gasteiger partial charge in [0.2, 0.25) is 15.9 Å². The molecule has 3 aromatic rings. The van der Waals surface area contributed by atoms with Crippen LogP contribution < -0.4 is 15.4 Å². The Labute approximate surface area is 253 Å². The third-order valence-electron chi connectivity index (χ3n) is 7.45. The molecule has 0 saturated carbocycles. The van der Waals surface area contributed by atoms with Crippen molar-refractivity contribution in [1.29, 1.82) is 0 Å². The molecule has 43 heavy (non-hydrogen) atoms. The fourth-order valence-electron chi connectivity index (χ4n) is 5.25. The first-order chi connectivity index (χ1) is 20.2. The maximum atomic E-state index is 13.7. The minimum Gasteiger partial charge on any atom is -0.444 e. The number of carbonyl (C=O) groups excluding carboxylic acids is 3. The number of rotatable bonds is 8. The van der Waals surface area contributed by atoms with E-state index >= 15 is 0 Å². The zero-order valence-corrected chi connectivity index (χ0v) is 26.1. The second-order valence-electron chi connectivity index (χ2n) is 11.9. The van der Waals surface area contributed by atoms with Crippen LogP contribution >= 0.6 is 0 Å². The number of anilines is 1. The second kappa shape index (κ2) is 13.1. The molecule has 0 aromatic heterocycles. The number of amides is 3. The Morgan fingerprint density at radius 1 is 1.00 bits per heavy atom. The third-order valence-corrected chi connectivity index (χ3v) is 9.07. The van der Waals surface area contributed by atoms with Crippen LogP contribution in [0.2, 0.25) is 0 Å². The average molecular weight is 609 g/mol. The van der Waals surface area contributed by atoms with Crippen LogP contribution in [0.15, 0.2) is 65.6 Å². The average Bonchev–Trinajstić information content (AvgIpc) is 2.95. The lowest BCUT2D eigenvalue weighted by molar-refractivity contribution is -0.132. The smallest absolute Gasteiger partial charge is 0.408 e. The number of hydrogen-bond acceptors (Lipinski definition) is 6. The van der Waals surface area contributed by atoms with E-state index in [0.717, 1.165) is 12.0 Å². The first-order valence-electron chi connectivity index (χ1n) is 14.4. The highest BCUT2D eigenvalue weighted by molar-refractivity contribution is 7.89. The van der Waals surface area contributed by atoms with Crippen molar-refractivity contribution in [3.05, 3.63) is 71.8 Å². The SMILES string of the molecule is Cc1ccccc1C(=O)Nc1ccc(S(=O)(=O)NC(C)C2CCCN(C(=O)CNC(=O)OC(C)(C)C)C2)c2ccccc12. The summed E-state index contributed by atoms with van der Waals surface area (Å²) in [4.78, 5) is 39.5. The summed E-state index contributed by atoms with van der Waals surface area (Å²) >= 11 is 0. The van der Waals surface area contributed by atoms with Crippen LogP contribution in [0.5, 0.6) is 0 Å². The number of sulfonamides is 1. The largest absolute Gasteiger partial charge is 0.444 e. The van der Waals surface area contributed by atoms with E-state index in [9.17, 15) is 22.8 Å². The number of likely N-dealkylation sites (tertiary alicyclic amines) is 1. The summed E-state index contributed by atoms with van der Waals surface area (Å²) in [6, 6.07) is 17.0. The van der Waals surface area contributed by atoms with Gasteiger partial charge in [-0.25, -0.2) is 17.9 Å². The molecule has 11 heteroatoms. The van der Waals surface area contributed by atoms with E-state index in [1.165, 1.54) is 6.07 Å². The van der Waals surface area contributed by atoms with Crippen molar-refractivity contribution >= 4 is 44.4 Å². The van der Waals surface area contributed by atoms with Crippen LogP contribution in [-0.4, -0.2) is 62.5 Å². The lowest BCUT2D eigenvalue weighted by Crippen LogP contribution is -2.50. The molecule has 3 aromatic carbocycles. The van der Waals surface area contributed by atoms with Gasteiger partial charge in [-0.05, 0) is 77.1 Å². The number of carbonyl (C=O) groups is 3. The number of fused-ring (bicyclic) bond motifs is 1. The van der Waals surface area contributed by atoms with Gasteiger partial charge in [0.05, 0.1) is 4.90 Å². The molecule has 0 bridgehead atoms. The van der Waals surface area contributed by atoms with E-state index in [1.54, 1.807) is 75.1 Å². The number of nitrogens with zero attached hydrogens (tertiary/aromatic N) is 1. The molecule has 230 valence electrons. The van der Waals surface area contributed by atoms with Gasteiger partial charge in [0.15, 0.2) is 0 Å². The van der Waals surface area contributed by atoms with Gasteiger partial charge in [-0.15, -0.1) is 0 Å². The normalized spacial score (nSPS) is 16.4. The van der Waals surface area contributed by atoms with Crippen molar-refractivity contribution < 1.29 is 27.5 Å². The Morgan fingerprint density at radius 3 is 2.37 bits per heavy atom. The van der Waals surface area contributed by atoms with Crippen molar-refractivity contribution in [3.63, 3.8) is 0 Å². The molecule has 1 fully saturated rings. The van der Waals surface area contributed by atoms with E-state index in [1.807, 2.05) is 19.1 Å². The molecule has 1 aliphatic heterocycles. The first kappa shape index (κ1) is 32.0. The summed E-state index contributed by atoms with van der Waals surface area (Å²) in [5.74, 6) is -0.642. The number of piperidine rings is 1. The molecule has 2 atom stereocenters. The van der Waals surface area contributed by atoms with Crippen LogP contribution in [0, 0.1) is 12.8 Å². The highest BCUT2D eigenvalue weighted by atomic mass is 32.2. The summed E-state index contributed by atoms with van der Waals surface area (Å²) in [5.41, 5.74) is 1.22. The van der Waals surface area contributed by atoms with Crippen molar-refractivity contribution in [2.24, 2.45) is 5.92 Å². The maximum Gasteiger partial charge on any atom is 0.408 e. The maximum absolute atomic E-state index is 13.7. The van der Waals surface area contributed by atoms with Gasteiger partial charge < -0.3 is 20.3 Å². The molecule has 1 saturated heterocycles. The van der Waals surface area contributed by atoms with Crippen molar-refractivity contribution in [3.8, 4) is 0 Å². The van der Waals surface area contributed by atoms with Gasteiger partial charge in [-0.1, -0.05) is 42.5 Å². The van der Waals surface area contributed by atoms with Crippen LogP contribution in [0.3, 0.4) is 0 Å². The van der Waals surface area contributed by atoms with Crippen molar-refractivity contribution in [2.45, 2.75) is 64.0 Å². The molecule has 3 N–H and O–H groups in total. The van der Waals surface area contributed by atoms with E-state index in [0.29, 0.717) is 41.5 Å². The number of nitrogens with one attached hydrogen (secondary N) is 3. The number of hydrogen-bond donors (Lipinski definition) is 3. The Hall–Kier alpha value is -3.96. The summed E-state index contributed by atoms with van der Waals surface area (Å²) < 4.78 is 35.3. The van der Waals surface area contributed by atoms with Crippen molar-refractivity contribution in [2.75, 3.05) is 25.0 Å². The number of aryl methyl sites for hydroxylation is 1. The standard InChI is InChI=1S/C32H40N4O6S/c1-21-11-6-7-13-24(21)30(38)34-27-16-17-28(26-15-9-8-14-25(26)27)43(40,41)35-22(2)23-12-10-18-36(20-23)29(37)19-33-31(39)42-32(3,4)5/h6-9,11,13-17,22-23,35H,10,12,18-20H2,1-5H3,(H,33,39)(H,34,38). The van der Waals surface area contributed by atoms with Gasteiger partial charge >= 0.3 is 6.09 Å². The molecule has 4 rings (SSSR count). The Morgan fingerprint density at radius 2 is 1.67 bits per heavy atom. The van der Waals surface area contributed by atoms with Gasteiger partial charge in [-0.3, -0.25) is 9.59 Å². The predicted molar refractivity (Wildman–Crippen MR) is 166 cm³/mol. The zero-order chi connectivity index (χ0) is 31.4. The fourth-order valence-corrected chi connectivity index (χ4v) is 6.78. The van der Waals surface area contributed by atoms with Crippen LogP contribution in [-0.2, 0) is 19.6 Å². The number of alkyl carbamates (subject to hydrolysis) is 1. The highest BCUT2D eigenvalue weighted by Gasteiger charge is 2.31. The molecule has 1 aliphatic rings. The number of benzene rings is 3. The lowest BCUT2D eigenvalue weighted by atomic mass is 9.92. The molecule has 1 heterocycles. The monoisotopic (exact) mass is 608 g/mol. The van der Waals surface area contributed by atoms with Gasteiger partial charge in [0.1, 0.15) is 12.1 Å². The van der Waals surface area contributed by atoms with E-state index in [-0.39, 0.29) is 29.2 Å². The van der Waals surface area contributed by atoms with Gasteiger partial charge in [0.25, 0.3) is 5.91 Å². The van der Waals surface area contributed by atoms with Crippen LogP contribution in [0.1, 0.15) is 56.5 Å². The lowest BCUT2D eigenvalue weighted by Gasteiger charge is -2.36. The quantitative estimate of drug-likeness (QED) is 0.336. The second-order valence-corrected chi connectivity index (χ2v) is 13.6. The molecule has 10 nitrogen and oxygen atoms in total. The van der Waals surface area contributed by atoms with Crippen LogP contribution in [0.4, 0.5) is 10.5 Å². The topological polar surface area (TPSA) is 134 Å². The highest BCUT2D eigenvalue weighted by Crippen LogP contribution is 2.31. The summed E-state index contributed by atoms with van der Waals surface area (Å²) in [6.45, 7) is 9.59. The third kappa shape index (κ3) is 8.11. The molecule has 0 aliphatic carbocycles. The summed E-state index contributed by atoms with van der Waals surface area (Å²) in [7, 11) is -3.96.